The number of Topliss-reactive ketones (excluding diaryl/α,β-unsaturated/α-hetero) is 1. The molecular formula is C21H21N2O4S+. The maximum atomic E-state index is 13.3. The number of quaternary nitrogens is 1. The Bertz CT molecular complexity index is 1030. The second kappa shape index (κ2) is 7.26. The topological polar surface area (TPSA) is 75.2 Å². The number of carbonyl (C=O) groups excluding carboxylic acids is 2. The number of para-hydroxylation sites is 1. The number of nitrogens with one attached hydrogen (secondary N) is 1. The number of furan rings is 1. The van der Waals surface area contributed by atoms with E-state index in [9.17, 15) is 14.7 Å². The smallest absolute Gasteiger partial charge is 0.290 e. The summed E-state index contributed by atoms with van der Waals surface area (Å²) in [6.07, 6.45) is 0. The van der Waals surface area contributed by atoms with Crippen molar-refractivity contribution in [2.45, 2.75) is 6.04 Å². The fourth-order valence-corrected chi connectivity index (χ4v) is 4.27. The number of nitrogens with zero attached hydrogens (tertiary/aromatic N) is 1. The van der Waals surface area contributed by atoms with Gasteiger partial charge in [-0.2, -0.15) is 0 Å². The van der Waals surface area contributed by atoms with Crippen LogP contribution in [0.15, 0.2) is 63.6 Å². The fourth-order valence-electron chi connectivity index (χ4n) is 3.43. The molecule has 1 atom stereocenters. The first-order valence-electron chi connectivity index (χ1n) is 9.07. The highest BCUT2D eigenvalue weighted by atomic mass is 32.1. The summed E-state index contributed by atoms with van der Waals surface area (Å²) in [5.41, 5.74) is 0.677. The lowest BCUT2D eigenvalue weighted by Crippen LogP contribution is -3.06. The van der Waals surface area contributed by atoms with Gasteiger partial charge in [-0.1, -0.05) is 24.3 Å². The molecule has 0 saturated heterocycles. The summed E-state index contributed by atoms with van der Waals surface area (Å²) in [5.74, 6) is -1.34. The van der Waals surface area contributed by atoms with Crippen molar-refractivity contribution in [3.05, 3.63) is 69.8 Å². The average molecular weight is 397 g/mol. The lowest BCUT2D eigenvalue weighted by atomic mass is 10.00. The average Bonchev–Trinajstić information content (AvgIpc) is 3.39. The first-order valence-corrected chi connectivity index (χ1v) is 9.95. The molecule has 2 aromatic heterocycles. The lowest BCUT2D eigenvalue weighted by molar-refractivity contribution is -0.857. The number of carbonyl (C=O) groups is 2. The monoisotopic (exact) mass is 397 g/mol. The third-order valence-corrected chi connectivity index (χ3v) is 5.79. The van der Waals surface area contributed by atoms with Gasteiger partial charge < -0.3 is 19.3 Å². The van der Waals surface area contributed by atoms with Crippen LogP contribution in [0.1, 0.15) is 21.5 Å². The molecule has 0 saturated carbocycles. The maximum Gasteiger partial charge on any atom is 0.290 e. The number of ketones is 1. The van der Waals surface area contributed by atoms with E-state index in [-0.39, 0.29) is 11.3 Å². The van der Waals surface area contributed by atoms with Crippen molar-refractivity contribution in [2.24, 2.45) is 0 Å². The van der Waals surface area contributed by atoms with E-state index in [0.29, 0.717) is 18.7 Å². The third kappa shape index (κ3) is 3.12. The van der Waals surface area contributed by atoms with Crippen molar-refractivity contribution >= 4 is 34.0 Å². The van der Waals surface area contributed by atoms with Gasteiger partial charge in [-0.3, -0.25) is 9.59 Å². The Morgan fingerprint density at radius 3 is 2.71 bits per heavy atom. The molecule has 0 aliphatic carbocycles. The van der Waals surface area contributed by atoms with Crippen LogP contribution >= 0.6 is 11.3 Å². The second-order valence-electron chi connectivity index (χ2n) is 7.11. The molecule has 0 bridgehead atoms. The van der Waals surface area contributed by atoms with Crippen molar-refractivity contribution < 1.29 is 24.0 Å². The predicted molar refractivity (Wildman–Crippen MR) is 107 cm³/mol. The fraction of sp³-hybridized carbons (Fsp3) is 0.238. The number of benzene rings is 1. The van der Waals surface area contributed by atoms with Gasteiger partial charge in [-0.15, -0.1) is 11.3 Å². The van der Waals surface area contributed by atoms with Gasteiger partial charge >= 0.3 is 0 Å². The van der Waals surface area contributed by atoms with Crippen LogP contribution in [0.2, 0.25) is 0 Å². The summed E-state index contributed by atoms with van der Waals surface area (Å²) in [6, 6.07) is 12.1. The molecule has 6 nitrogen and oxygen atoms in total. The van der Waals surface area contributed by atoms with E-state index in [4.69, 9.17) is 4.42 Å². The Kier molecular flexibility index (Phi) is 4.78. The quantitative estimate of drug-likeness (QED) is 0.626. The van der Waals surface area contributed by atoms with Crippen molar-refractivity contribution in [3.63, 3.8) is 0 Å². The number of hydrogen-bond donors (Lipinski definition) is 2. The maximum absolute atomic E-state index is 13.3. The zero-order valence-electron chi connectivity index (χ0n) is 15.6. The summed E-state index contributed by atoms with van der Waals surface area (Å²) in [7, 11) is 3.99. The summed E-state index contributed by atoms with van der Waals surface area (Å²) in [4.78, 5) is 29.6. The molecule has 3 aromatic rings. The molecule has 1 amide bonds. The SMILES string of the molecule is C[NH+](C)CCN1C(=O)C(O)=C(C(=O)c2cc3ccccc3o2)[C@H]1c1cccs1. The molecule has 28 heavy (non-hydrogen) atoms. The lowest BCUT2D eigenvalue weighted by Gasteiger charge is -2.25. The molecule has 0 spiro atoms. The minimum absolute atomic E-state index is 0.0836. The first-order chi connectivity index (χ1) is 13.5. The summed E-state index contributed by atoms with van der Waals surface area (Å²) >= 11 is 1.45. The molecule has 0 radical (unpaired) electrons. The van der Waals surface area contributed by atoms with Gasteiger partial charge in [-0.25, -0.2) is 0 Å². The highest BCUT2D eigenvalue weighted by Crippen LogP contribution is 2.40. The molecule has 1 aliphatic heterocycles. The van der Waals surface area contributed by atoms with Crippen molar-refractivity contribution in [3.8, 4) is 0 Å². The van der Waals surface area contributed by atoms with Gasteiger partial charge in [0.2, 0.25) is 5.78 Å². The standard InChI is InChI=1S/C21H20N2O4S/c1-22(2)9-10-23-18(16-8-5-11-28-16)17(20(25)21(23)26)19(24)15-12-13-6-3-4-7-14(13)27-15/h3-8,11-12,18,25H,9-10H2,1-2H3/p+1/t18-/m1/s1. The van der Waals surface area contributed by atoms with Crippen molar-refractivity contribution in [1.29, 1.82) is 0 Å². The number of amides is 1. The van der Waals surface area contributed by atoms with Crippen LogP contribution < -0.4 is 4.90 Å². The molecular weight excluding hydrogens is 376 g/mol. The first kappa shape index (κ1) is 18.5. The largest absolute Gasteiger partial charge is 0.503 e. The Hall–Kier alpha value is -2.90. The number of aliphatic hydroxyl groups excluding tert-OH is 1. The molecule has 7 heteroatoms. The molecule has 144 valence electrons. The van der Waals surface area contributed by atoms with E-state index in [0.717, 1.165) is 10.3 Å². The van der Waals surface area contributed by atoms with Gasteiger partial charge in [-0.05, 0) is 23.6 Å². The summed E-state index contributed by atoms with van der Waals surface area (Å²) < 4.78 is 5.70. The van der Waals surface area contributed by atoms with E-state index in [1.165, 1.54) is 16.2 Å². The molecule has 0 unspecified atom stereocenters. The van der Waals surface area contributed by atoms with Crippen LogP contribution in [0.5, 0.6) is 0 Å². The number of hydrogen-bond acceptors (Lipinski definition) is 5. The second-order valence-corrected chi connectivity index (χ2v) is 8.09. The van der Waals surface area contributed by atoms with Gasteiger partial charge in [0.05, 0.1) is 38.8 Å². The van der Waals surface area contributed by atoms with Gasteiger partial charge in [0.1, 0.15) is 5.58 Å². The Morgan fingerprint density at radius 1 is 1.25 bits per heavy atom. The number of likely N-dealkylation sites (N-methyl/N-ethyl adjacent to an activating group) is 1. The zero-order chi connectivity index (χ0) is 19.8. The van der Waals surface area contributed by atoms with Crippen molar-refractivity contribution in [2.75, 3.05) is 27.2 Å². The molecule has 1 aliphatic rings. The molecule has 2 N–H and O–H groups in total. The molecule has 1 aromatic carbocycles. The zero-order valence-corrected chi connectivity index (χ0v) is 16.5. The van der Waals surface area contributed by atoms with Gasteiger partial charge in [0, 0.05) is 10.3 Å². The number of thiophene rings is 1. The van der Waals surface area contributed by atoms with Crippen LogP contribution in [0.25, 0.3) is 11.0 Å². The highest BCUT2D eigenvalue weighted by Gasteiger charge is 2.45. The highest BCUT2D eigenvalue weighted by molar-refractivity contribution is 7.10. The predicted octanol–water partition coefficient (Wildman–Crippen LogP) is 2.22. The van der Waals surface area contributed by atoms with Crippen LogP contribution in [0, 0.1) is 0 Å². The minimum atomic E-state index is -0.604. The van der Waals surface area contributed by atoms with Crippen LogP contribution in [0.3, 0.4) is 0 Å². The van der Waals surface area contributed by atoms with Gasteiger partial charge in [0.25, 0.3) is 5.91 Å². The molecule has 0 fully saturated rings. The van der Waals surface area contributed by atoms with Crippen LogP contribution in [-0.4, -0.2) is 48.9 Å². The van der Waals surface area contributed by atoms with E-state index < -0.39 is 23.5 Å². The summed E-state index contributed by atoms with van der Waals surface area (Å²) in [5, 5.41) is 13.3. The van der Waals surface area contributed by atoms with E-state index >= 15 is 0 Å². The van der Waals surface area contributed by atoms with E-state index in [1.54, 1.807) is 17.0 Å². The minimum Gasteiger partial charge on any atom is -0.503 e. The van der Waals surface area contributed by atoms with Gasteiger partial charge in [0.15, 0.2) is 11.5 Å². The van der Waals surface area contributed by atoms with Crippen LogP contribution in [-0.2, 0) is 4.79 Å². The van der Waals surface area contributed by atoms with E-state index in [2.05, 4.69) is 0 Å². The normalized spacial score (nSPS) is 17.3. The Balaban J connectivity index is 1.76. The van der Waals surface area contributed by atoms with E-state index in [1.807, 2.05) is 49.8 Å². The number of rotatable bonds is 6. The number of aliphatic hydroxyl groups is 1. The Labute approximate surface area is 166 Å². The Morgan fingerprint density at radius 2 is 2.04 bits per heavy atom. The molecule has 4 rings (SSSR count). The summed E-state index contributed by atoms with van der Waals surface area (Å²) in [6.45, 7) is 1.14. The number of fused-ring (bicyclic) bond motifs is 1. The molecule has 3 heterocycles. The third-order valence-electron chi connectivity index (χ3n) is 4.86. The van der Waals surface area contributed by atoms with Crippen molar-refractivity contribution in [1.82, 2.24) is 4.90 Å². The van der Waals surface area contributed by atoms with Crippen LogP contribution in [0.4, 0.5) is 0 Å².